The van der Waals surface area contributed by atoms with Gasteiger partial charge in [0.2, 0.25) is 0 Å². The molecule has 29 heavy (non-hydrogen) atoms. The highest BCUT2D eigenvalue weighted by Crippen LogP contribution is 2.50. The third-order valence-electron chi connectivity index (χ3n) is 5.97. The summed E-state index contributed by atoms with van der Waals surface area (Å²) in [5.74, 6) is 0. The summed E-state index contributed by atoms with van der Waals surface area (Å²) in [6, 6.07) is 34.1. The van der Waals surface area contributed by atoms with Gasteiger partial charge in [0.05, 0.1) is 0 Å². The first-order chi connectivity index (χ1) is 14.1. The summed E-state index contributed by atoms with van der Waals surface area (Å²) < 4.78 is 0. The van der Waals surface area contributed by atoms with E-state index < -0.39 is 0 Å². The fraction of sp³-hybridized carbons (Fsp3) is 0.111. The van der Waals surface area contributed by atoms with Crippen LogP contribution in [0.2, 0.25) is 0 Å². The van der Waals surface area contributed by atoms with Gasteiger partial charge >= 0.3 is 0 Å². The van der Waals surface area contributed by atoms with Crippen molar-refractivity contribution < 1.29 is 0 Å². The van der Waals surface area contributed by atoms with E-state index in [4.69, 9.17) is 5.73 Å². The Labute approximate surface area is 172 Å². The SMILES string of the molecule is CC1(C)c2ccccc2-c2ccc(N(c3ccccc3)c3cccc(N)c3)cc21. The number of benzene rings is 4. The average molecular weight is 377 g/mol. The van der Waals surface area contributed by atoms with Crippen molar-refractivity contribution in [1.82, 2.24) is 0 Å². The molecule has 0 saturated carbocycles. The first kappa shape index (κ1) is 17.6. The quantitative estimate of drug-likeness (QED) is 0.388. The molecule has 0 aromatic heterocycles. The number of nitrogens with two attached hydrogens (primary N) is 1. The minimum Gasteiger partial charge on any atom is -0.399 e. The molecule has 5 rings (SSSR count). The second-order valence-corrected chi connectivity index (χ2v) is 8.17. The lowest BCUT2D eigenvalue weighted by molar-refractivity contribution is 0.660. The van der Waals surface area contributed by atoms with Crippen LogP contribution in [-0.4, -0.2) is 0 Å². The number of fused-ring (bicyclic) bond motifs is 3. The van der Waals surface area contributed by atoms with E-state index in [2.05, 4.69) is 91.5 Å². The monoisotopic (exact) mass is 376 g/mol. The number of hydrogen-bond donors (Lipinski definition) is 1. The maximum Gasteiger partial charge on any atom is 0.0482 e. The van der Waals surface area contributed by atoms with E-state index in [-0.39, 0.29) is 5.41 Å². The Hall–Kier alpha value is -3.52. The second kappa shape index (κ2) is 6.52. The largest absolute Gasteiger partial charge is 0.399 e. The molecule has 0 fully saturated rings. The lowest BCUT2D eigenvalue weighted by Crippen LogP contribution is -2.16. The zero-order valence-electron chi connectivity index (χ0n) is 16.8. The van der Waals surface area contributed by atoms with Crippen LogP contribution in [0.5, 0.6) is 0 Å². The van der Waals surface area contributed by atoms with Crippen LogP contribution in [0.1, 0.15) is 25.0 Å². The highest BCUT2D eigenvalue weighted by atomic mass is 15.1. The topological polar surface area (TPSA) is 29.3 Å². The van der Waals surface area contributed by atoms with Gasteiger partial charge in [-0.3, -0.25) is 0 Å². The van der Waals surface area contributed by atoms with Crippen LogP contribution >= 0.6 is 0 Å². The van der Waals surface area contributed by atoms with Gasteiger partial charge in [-0.2, -0.15) is 0 Å². The molecule has 4 aromatic rings. The molecular formula is C27H24N2. The van der Waals surface area contributed by atoms with Gasteiger partial charge in [-0.15, -0.1) is 0 Å². The molecule has 2 nitrogen and oxygen atoms in total. The van der Waals surface area contributed by atoms with Gasteiger partial charge in [0.15, 0.2) is 0 Å². The van der Waals surface area contributed by atoms with E-state index in [9.17, 15) is 0 Å². The van der Waals surface area contributed by atoms with Gasteiger partial charge in [-0.1, -0.05) is 68.4 Å². The number of nitrogen functional groups attached to an aromatic ring is 1. The molecule has 0 saturated heterocycles. The van der Waals surface area contributed by atoms with Crippen molar-refractivity contribution >= 4 is 22.7 Å². The Balaban J connectivity index is 1.70. The summed E-state index contributed by atoms with van der Waals surface area (Å²) in [5, 5.41) is 0. The number of hydrogen-bond acceptors (Lipinski definition) is 2. The Morgan fingerprint density at radius 2 is 1.24 bits per heavy atom. The fourth-order valence-electron chi connectivity index (χ4n) is 4.52. The van der Waals surface area contributed by atoms with Crippen LogP contribution < -0.4 is 10.6 Å². The van der Waals surface area contributed by atoms with Crippen molar-refractivity contribution in [3.8, 4) is 11.1 Å². The number of anilines is 4. The van der Waals surface area contributed by atoms with Crippen molar-refractivity contribution in [3.05, 3.63) is 108 Å². The number of rotatable bonds is 3. The molecule has 1 aliphatic carbocycles. The first-order valence-electron chi connectivity index (χ1n) is 10.0. The second-order valence-electron chi connectivity index (χ2n) is 8.17. The summed E-state index contributed by atoms with van der Waals surface area (Å²) in [6.07, 6.45) is 0. The molecule has 0 spiro atoms. The van der Waals surface area contributed by atoms with E-state index in [1.165, 1.54) is 22.3 Å². The van der Waals surface area contributed by atoms with Gasteiger partial charge in [-0.25, -0.2) is 0 Å². The molecule has 0 atom stereocenters. The van der Waals surface area contributed by atoms with Crippen molar-refractivity contribution in [1.29, 1.82) is 0 Å². The average Bonchev–Trinajstić information content (AvgIpc) is 2.97. The molecular weight excluding hydrogens is 352 g/mol. The third kappa shape index (κ3) is 2.80. The molecule has 142 valence electrons. The van der Waals surface area contributed by atoms with Crippen molar-refractivity contribution in [3.63, 3.8) is 0 Å². The summed E-state index contributed by atoms with van der Waals surface area (Å²) in [5.41, 5.74) is 15.6. The summed E-state index contributed by atoms with van der Waals surface area (Å²) in [7, 11) is 0. The molecule has 0 unspecified atom stereocenters. The van der Waals surface area contributed by atoms with E-state index in [1.807, 2.05) is 24.3 Å². The van der Waals surface area contributed by atoms with Gasteiger partial charge in [0.25, 0.3) is 0 Å². The number of para-hydroxylation sites is 1. The first-order valence-corrected chi connectivity index (χ1v) is 10.0. The van der Waals surface area contributed by atoms with E-state index >= 15 is 0 Å². The van der Waals surface area contributed by atoms with Crippen LogP contribution in [0.3, 0.4) is 0 Å². The molecule has 0 radical (unpaired) electrons. The maximum absolute atomic E-state index is 6.12. The van der Waals surface area contributed by atoms with Gasteiger partial charge < -0.3 is 10.6 Å². The van der Waals surface area contributed by atoms with Gasteiger partial charge in [0.1, 0.15) is 0 Å². The smallest absolute Gasteiger partial charge is 0.0482 e. The summed E-state index contributed by atoms with van der Waals surface area (Å²) >= 11 is 0. The zero-order valence-corrected chi connectivity index (χ0v) is 16.8. The Morgan fingerprint density at radius 1 is 0.586 bits per heavy atom. The van der Waals surface area contributed by atoms with Gasteiger partial charge in [-0.05, 0) is 64.7 Å². The Morgan fingerprint density at radius 3 is 2.03 bits per heavy atom. The van der Waals surface area contributed by atoms with E-state index in [0.717, 1.165) is 22.7 Å². The van der Waals surface area contributed by atoms with E-state index in [1.54, 1.807) is 0 Å². The number of nitrogens with zero attached hydrogens (tertiary/aromatic N) is 1. The minimum atomic E-state index is -0.0278. The van der Waals surface area contributed by atoms with Crippen LogP contribution in [0.15, 0.2) is 97.1 Å². The molecule has 2 heteroatoms. The molecule has 2 N–H and O–H groups in total. The predicted octanol–water partition coefficient (Wildman–Crippen LogP) is 7.04. The molecule has 4 aromatic carbocycles. The Kier molecular flexibility index (Phi) is 3.95. The van der Waals surface area contributed by atoms with Crippen LogP contribution in [0.25, 0.3) is 11.1 Å². The lowest BCUT2D eigenvalue weighted by Gasteiger charge is -2.28. The standard InChI is InChI=1S/C27H24N2/c1-27(2)25-14-7-6-13-23(25)24-16-15-22(18-26(24)27)29(20-10-4-3-5-11-20)21-12-8-9-19(28)17-21/h3-18H,28H2,1-2H3. The maximum atomic E-state index is 6.12. The highest BCUT2D eigenvalue weighted by molar-refractivity contribution is 5.85. The summed E-state index contributed by atoms with van der Waals surface area (Å²) in [6.45, 7) is 4.63. The molecule has 0 heterocycles. The van der Waals surface area contributed by atoms with Gasteiger partial charge in [0, 0.05) is 28.2 Å². The fourth-order valence-corrected chi connectivity index (χ4v) is 4.52. The third-order valence-corrected chi connectivity index (χ3v) is 5.97. The van der Waals surface area contributed by atoms with Crippen molar-refractivity contribution in [2.45, 2.75) is 19.3 Å². The molecule has 0 bridgehead atoms. The normalized spacial score (nSPS) is 13.6. The minimum absolute atomic E-state index is 0.0278. The predicted molar refractivity (Wildman–Crippen MR) is 123 cm³/mol. The highest BCUT2D eigenvalue weighted by Gasteiger charge is 2.35. The lowest BCUT2D eigenvalue weighted by atomic mass is 9.82. The summed E-state index contributed by atoms with van der Waals surface area (Å²) in [4.78, 5) is 2.27. The Bertz CT molecular complexity index is 1190. The van der Waals surface area contributed by atoms with Crippen LogP contribution in [0, 0.1) is 0 Å². The van der Waals surface area contributed by atoms with Crippen molar-refractivity contribution in [2.24, 2.45) is 0 Å². The van der Waals surface area contributed by atoms with Crippen LogP contribution in [0.4, 0.5) is 22.7 Å². The molecule has 1 aliphatic rings. The molecule has 0 aliphatic heterocycles. The molecule has 0 amide bonds. The van der Waals surface area contributed by atoms with Crippen molar-refractivity contribution in [2.75, 3.05) is 10.6 Å². The van der Waals surface area contributed by atoms with Crippen LogP contribution in [-0.2, 0) is 5.41 Å². The van der Waals surface area contributed by atoms with E-state index in [0.29, 0.717) is 0 Å². The zero-order chi connectivity index (χ0) is 20.0.